The van der Waals surface area contributed by atoms with Crippen LogP contribution in [0.4, 0.5) is 0 Å². The Kier molecular flexibility index (Phi) is 7.10. The molecule has 0 unspecified atom stereocenters. The largest absolute Gasteiger partial charge is 0.481 e. The van der Waals surface area contributed by atoms with Gasteiger partial charge in [0.2, 0.25) is 0 Å². The molecule has 0 saturated heterocycles. The van der Waals surface area contributed by atoms with Crippen molar-refractivity contribution in [1.29, 1.82) is 0 Å². The van der Waals surface area contributed by atoms with Gasteiger partial charge in [0.25, 0.3) is 0 Å². The molecule has 0 heterocycles. The summed E-state index contributed by atoms with van der Waals surface area (Å²) >= 11 is 0. The van der Waals surface area contributed by atoms with Crippen LogP contribution in [0.1, 0.15) is 19.3 Å². The molecular weight excluding hydrogens is 136 g/mol. The minimum absolute atomic E-state index is 0. The van der Waals surface area contributed by atoms with Gasteiger partial charge in [0.15, 0.2) is 0 Å². The third-order valence-electron chi connectivity index (χ3n) is 0.781. The van der Waals surface area contributed by atoms with Crippen LogP contribution in [0.25, 0.3) is 0 Å². The molecule has 0 aromatic carbocycles. The van der Waals surface area contributed by atoms with Crippen molar-refractivity contribution < 1.29 is 19.8 Å². The Morgan fingerprint density at radius 2 is 1.30 bits per heavy atom. The van der Waals surface area contributed by atoms with Crippen molar-refractivity contribution in [3.8, 4) is 0 Å². The summed E-state index contributed by atoms with van der Waals surface area (Å²) < 4.78 is 0. The highest BCUT2D eigenvalue weighted by molar-refractivity contribution is 5.69. The van der Waals surface area contributed by atoms with E-state index in [-0.39, 0.29) is 26.7 Å². The van der Waals surface area contributed by atoms with E-state index in [1.807, 2.05) is 0 Å². The summed E-state index contributed by atoms with van der Waals surface area (Å²) in [6.07, 6.45) is 0.0866. The molecule has 4 nitrogen and oxygen atoms in total. The molecular formula is C6H8O4. The van der Waals surface area contributed by atoms with E-state index in [0.29, 0.717) is 0 Å². The third kappa shape index (κ3) is 10.0. The lowest BCUT2D eigenvalue weighted by molar-refractivity contribution is -0.138. The maximum absolute atomic E-state index is 9.79. The summed E-state index contributed by atoms with van der Waals surface area (Å²) in [5, 5.41) is 16.1. The lowest BCUT2D eigenvalue weighted by atomic mass is 10.2. The molecule has 0 aromatic heterocycles. The molecule has 0 saturated carbocycles. The molecule has 0 amide bonds. The van der Waals surface area contributed by atoms with Crippen LogP contribution in [0.5, 0.6) is 0 Å². The smallest absolute Gasteiger partial charge is 0.303 e. The van der Waals surface area contributed by atoms with Crippen LogP contribution in [0, 0.1) is 7.43 Å². The maximum atomic E-state index is 9.79. The van der Waals surface area contributed by atoms with Crippen molar-refractivity contribution in [3.05, 3.63) is 7.43 Å². The van der Waals surface area contributed by atoms with E-state index in [4.69, 9.17) is 10.2 Å². The highest BCUT2D eigenvalue weighted by atomic mass is 16.4. The molecule has 0 aliphatic heterocycles. The van der Waals surface area contributed by atoms with Crippen molar-refractivity contribution in [3.63, 3.8) is 0 Å². The van der Waals surface area contributed by atoms with Gasteiger partial charge in [-0.05, 0) is 6.42 Å². The van der Waals surface area contributed by atoms with Gasteiger partial charge < -0.3 is 10.2 Å². The first-order valence-electron chi connectivity index (χ1n) is 2.56. The van der Waals surface area contributed by atoms with E-state index in [2.05, 4.69) is 0 Å². The van der Waals surface area contributed by atoms with Gasteiger partial charge in [-0.25, -0.2) is 0 Å². The number of hydrogen-bond acceptors (Lipinski definition) is 2. The number of carbonyl (C=O) groups is 2. The van der Waals surface area contributed by atoms with Crippen molar-refractivity contribution in [2.45, 2.75) is 19.3 Å². The number of carboxylic acids is 2. The van der Waals surface area contributed by atoms with E-state index in [9.17, 15) is 9.59 Å². The topological polar surface area (TPSA) is 74.6 Å². The highest BCUT2D eigenvalue weighted by Crippen LogP contribution is 1.93. The van der Waals surface area contributed by atoms with Gasteiger partial charge in [0.1, 0.15) is 0 Å². The zero-order valence-electron chi connectivity index (χ0n) is 5.33. The molecule has 56 valence electrons. The lowest BCUT2D eigenvalue weighted by Gasteiger charge is -1.89. The second-order valence-corrected chi connectivity index (χ2v) is 1.64. The molecule has 10 heavy (non-hydrogen) atoms. The highest BCUT2D eigenvalue weighted by Gasteiger charge is 1.99. The molecule has 0 bridgehead atoms. The average Bonchev–Trinajstić information content (AvgIpc) is 1.63. The van der Waals surface area contributed by atoms with E-state index in [1.54, 1.807) is 0 Å². The predicted molar refractivity (Wildman–Crippen MR) is 32.4 cm³/mol. The van der Waals surface area contributed by atoms with E-state index in [1.165, 1.54) is 0 Å². The first kappa shape index (κ1) is 11.7. The molecule has 0 aromatic rings. The van der Waals surface area contributed by atoms with Crippen molar-refractivity contribution in [1.82, 2.24) is 0 Å². The first-order chi connectivity index (χ1) is 4.13. The molecule has 4 radical (unpaired) electrons. The Hall–Kier alpha value is -1.06. The second kappa shape index (κ2) is 6.07. The van der Waals surface area contributed by atoms with Crippen LogP contribution in [-0.4, -0.2) is 22.2 Å². The van der Waals surface area contributed by atoms with Crippen molar-refractivity contribution in [2.24, 2.45) is 0 Å². The number of hydrogen-bond donors (Lipinski definition) is 2. The van der Waals surface area contributed by atoms with Crippen molar-refractivity contribution in [2.75, 3.05) is 0 Å². The number of carboxylic acid groups (broad SMARTS) is 2. The minimum atomic E-state index is -0.948. The monoisotopic (exact) mass is 144 g/mol. The van der Waals surface area contributed by atoms with Crippen LogP contribution in [0.3, 0.4) is 0 Å². The van der Waals surface area contributed by atoms with Gasteiger partial charge in [0, 0.05) is 20.3 Å². The SMILES string of the molecule is O=C(O)CCCC(=O)O.[C]. The quantitative estimate of drug-likeness (QED) is 0.599. The molecule has 0 aliphatic rings. The van der Waals surface area contributed by atoms with Crippen molar-refractivity contribution >= 4 is 11.9 Å². The Bertz CT molecular complexity index is 105. The third-order valence-corrected chi connectivity index (χ3v) is 0.781. The molecule has 0 aliphatic carbocycles. The van der Waals surface area contributed by atoms with Gasteiger partial charge in [-0.2, -0.15) is 0 Å². The summed E-state index contributed by atoms with van der Waals surface area (Å²) in [4.78, 5) is 19.6. The molecule has 4 heteroatoms. The van der Waals surface area contributed by atoms with Crippen LogP contribution in [0.2, 0.25) is 0 Å². The maximum Gasteiger partial charge on any atom is 0.303 e. The normalized spacial score (nSPS) is 8.00. The Morgan fingerprint density at radius 3 is 1.50 bits per heavy atom. The number of aliphatic carboxylic acids is 2. The van der Waals surface area contributed by atoms with Gasteiger partial charge in [0.05, 0.1) is 0 Å². The van der Waals surface area contributed by atoms with Gasteiger partial charge in [-0.15, -0.1) is 0 Å². The van der Waals surface area contributed by atoms with Crippen LogP contribution < -0.4 is 0 Å². The lowest BCUT2D eigenvalue weighted by Crippen LogP contribution is -1.98. The summed E-state index contributed by atoms with van der Waals surface area (Å²) in [6, 6.07) is 0. The zero-order chi connectivity index (χ0) is 7.28. The Balaban J connectivity index is 0. The molecule has 0 fully saturated rings. The first-order valence-corrected chi connectivity index (χ1v) is 2.56. The molecule has 0 spiro atoms. The van der Waals surface area contributed by atoms with Crippen LogP contribution in [0.15, 0.2) is 0 Å². The predicted octanol–water partition coefficient (Wildman–Crippen LogP) is 0.407. The fraction of sp³-hybridized carbons (Fsp3) is 0.500. The number of rotatable bonds is 4. The van der Waals surface area contributed by atoms with Crippen LogP contribution >= 0.6 is 0 Å². The van der Waals surface area contributed by atoms with E-state index in [0.717, 1.165) is 0 Å². The minimum Gasteiger partial charge on any atom is -0.481 e. The second-order valence-electron chi connectivity index (χ2n) is 1.64. The van der Waals surface area contributed by atoms with Gasteiger partial charge in [-0.1, -0.05) is 0 Å². The molecule has 0 atom stereocenters. The summed E-state index contributed by atoms with van der Waals surface area (Å²) in [6.45, 7) is 0. The van der Waals surface area contributed by atoms with Gasteiger partial charge in [-0.3, -0.25) is 9.59 Å². The average molecular weight is 144 g/mol. The van der Waals surface area contributed by atoms with E-state index < -0.39 is 11.9 Å². The Morgan fingerprint density at radius 1 is 1.00 bits per heavy atom. The zero-order valence-corrected chi connectivity index (χ0v) is 5.33. The standard InChI is InChI=1S/C5H8O4.C/c6-4(7)2-1-3-5(8)9;/h1-3H2,(H,6,7)(H,8,9);. The Labute approximate surface area is 59.5 Å². The summed E-state index contributed by atoms with van der Waals surface area (Å²) in [7, 11) is 0. The fourth-order valence-electron chi connectivity index (χ4n) is 0.391. The summed E-state index contributed by atoms with van der Waals surface area (Å²) in [5.41, 5.74) is 0. The van der Waals surface area contributed by atoms with Crippen LogP contribution in [-0.2, 0) is 9.59 Å². The summed E-state index contributed by atoms with van der Waals surface area (Å²) in [5.74, 6) is -1.90. The molecule has 0 rings (SSSR count). The van der Waals surface area contributed by atoms with E-state index >= 15 is 0 Å². The van der Waals surface area contributed by atoms with Gasteiger partial charge >= 0.3 is 11.9 Å². The molecule has 2 N–H and O–H groups in total. The fourth-order valence-corrected chi connectivity index (χ4v) is 0.391.